The number of halogens is 1. The van der Waals surface area contributed by atoms with Crippen LogP contribution in [0.2, 0.25) is 5.02 Å². The maximum Gasteiger partial charge on any atom is 0.184 e. The number of nitrogen functional groups attached to an aromatic ring is 1. The molecule has 0 aliphatic heterocycles. The molecule has 0 radical (unpaired) electrons. The average molecular weight is 294 g/mol. The number of nitrogens with two attached hydrogens (primary N) is 1. The second kappa shape index (κ2) is 6.70. The molecular formula is C14H20ClN5. The summed E-state index contributed by atoms with van der Waals surface area (Å²) >= 11 is 6.03. The Morgan fingerprint density at radius 3 is 2.90 bits per heavy atom. The van der Waals surface area contributed by atoms with E-state index < -0.39 is 0 Å². The summed E-state index contributed by atoms with van der Waals surface area (Å²) in [6, 6.07) is 5.58. The van der Waals surface area contributed by atoms with Crippen LogP contribution in [-0.2, 0) is 0 Å². The van der Waals surface area contributed by atoms with Gasteiger partial charge in [-0.05, 0) is 42.0 Å². The van der Waals surface area contributed by atoms with Crippen molar-refractivity contribution in [1.82, 2.24) is 20.2 Å². The molecule has 0 saturated heterocycles. The molecule has 0 saturated carbocycles. The molecule has 2 aromatic rings. The van der Waals surface area contributed by atoms with Gasteiger partial charge in [-0.15, -0.1) is 5.10 Å². The Balaban J connectivity index is 2.26. The second-order valence-electron chi connectivity index (χ2n) is 5.02. The lowest BCUT2D eigenvalue weighted by Crippen LogP contribution is -2.10. The number of hydrogen-bond donors (Lipinski definition) is 1. The molecule has 1 heterocycles. The molecule has 6 heteroatoms. The average Bonchev–Trinajstić information content (AvgIpc) is 2.91. The number of nitrogens with zero attached hydrogens (tertiary/aromatic N) is 4. The van der Waals surface area contributed by atoms with E-state index in [0.717, 1.165) is 12.0 Å². The van der Waals surface area contributed by atoms with Crippen LogP contribution in [-0.4, -0.2) is 20.2 Å². The van der Waals surface area contributed by atoms with Crippen molar-refractivity contribution in [3.63, 3.8) is 0 Å². The summed E-state index contributed by atoms with van der Waals surface area (Å²) < 4.78 is 1.83. The van der Waals surface area contributed by atoms with Crippen molar-refractivity contribution in [3.8, 4) is 11.4 Å². The first-order chi connectivity index (χ1) is 9.63. The Morgan fingerprint density at radius 1 is 1.35 bits per heavy atom. The SMILES string of the molecule is CCCCCC(C)n1nnnc1-c1cc(Cl)ccc1N. The highest BCUT2D eigenvalue weighted by molar-refractivity contribution is 6.31. The molecule has 0 aliphatic rings. The van der Waals surface area contributed by atoms with Crippen molar-refractivity contribution in [3.05, 3.63) is 23.2 Å². The largest absolute Gasteiger partial charge is 0.398 e. The first-order valence-corrected chi connectivity index (χ1v) is 7.34. The summed E-state index contributed by atoms with van der Waals surface area (Å²) in [6.07, 6.45) is 4.64. The first-order valence-electron chi connectivity index (χ1n) is 6.96. The third kappa shape index (κ3) is 3.28. The molecule has 0 aliphatic carbocycles. The normalized spacial score (nSPS) is 12.6. The molecule has 2 N–H and O–H groups in total. The Labute approximate surface area is 124 Å². The second-order valence-corrected chi connectivity index (χ2v) is 5.46. The zero-order chi connectivity index (χ0) is 14.5. The maximum atomic E-state index is 6.03. The minimum absolute atomic E-state index is 0.241. The molecule has 2 rings (SSSR count). The molecule has 1 atom stereocenters. The minimum Gasteiger partial charge on any atom is -0.398 e. The molecule has 1 aromatic carbocycles. The quantitative estimate of drug-likeness (QED) is 0.651. The van der Waals surface area contributed by atoms with Crippen LogP contribution in [0.5, 0.6) is 0 Å². The lowest BCUT2D eigenvalue weighted by Gasteiger charge is -2.14. The van der Waals surface area contributed by atoms with Crippen molar-refractivity contribution in [2.24, 2.45) is 0 Å². The highest BCUT2D eigenvalue weighted by atomic mass is 35.5. The molecule has 108 valence electrons. The molecule has 0 amide bonds. The van der Waals surface area contributed by atoms with E-state index >= 15 is 0 Å². The number of aromatic nitrogens is 4. The van der Waals surface area contributed by atoms with Crippen LogP contribution in [0.3, 0.4) is 0 Å². The van der Waals surface area contributed by atoms with Gasteiger partial charge >= 0.3 is 0 Å². The first kappa shape index (κ1) is 14.8. The van der Waals surface area contributed by atoms with Gasteiger partial charge < -0.3 is 5.73 Å². The summed E-state index contributed by atoms with van der Waals surface area (Å²) in [7, 11) is 0. The lowest BCUT2D eigenvalue weighted by atomic mass is 10.1. The Hall–Kier alpha value is -1.62. The van der Waals surface area contributed by atoms with Gasteiger partial charge in [0.05, 0.1) is 6.04 Å². The fourth-order valence-electron chi connectivity index (χ4n) is 2.20. The van der Waals surface area contributed by atoms with E-state index in [4.69, 9.17) is 17.3 Å². The van der Waals surface area contributed by atoms with E-state index in [1.807, 2.05) is 4.68 Å². The minimum atomic E-state index is 0.241. The van der Waals surface area contributed by atoms with Crippen molar-refractivity contribution >= 4 is 17.3 Å². The fraction of sp³-hybridized carbons (Fsp3) is 0.500. The zero-order valence-corrected chi connectivity index (χ0v) is 12.6. The van der Waals surface area contributed by atoms with Crippen molar-refractivity contribution < 1.29 is 0 Å². The maximum absolute atomic E-state index is 6.03. The number of unbranched alkanes of at least 4 members (excludes halogenated alkanes) is 2. The molecule has 1 aromatic heterocycles. The van der Waals surface area contributed by atoms with Gasteiger partial charge in [-0.25, -0.2) is 4.68 Å². The highest BCUT2D eigenvalue weighted by Crippen LogP contribution is 2.29. The van der Waals surface area contributed by atoms with Crippen molar-refractivity contribution in [2.45, 2.75) is 45.6 Å². The van der Waals surface area contributed by atoms with Crippen LogP contribution >= 0.6 is 11.6 Å². The summed E-state index contributed by atoms with van der Waals surface area (Å²) in [4.78, 5) is 0. The number of tetrazole rings is 1. The highest BCUT2D eigenvalue weighted by Gasteiger charge is 2.16. The van der Waals surface area contributed by atoms with E-state index in [2.05, 4.69) is 29.4 Å². The zero-order valence-electron chi connectivity index (χ0n) is 11.9. The molecule has 0 bridgehead atoms. The van der Waals surface area contributed by atoms with Gasteiger partial charge in [0.15, 0.2) is 5.82 Å². The van der Waals surface area contributed by atoms with Crippen LogP contribution in [0.25, 0.3) is 11.4 Å². The summed E-state index contributed by atoms with van der Waals surface area (Å²) in [5.74, 6) is 0.675. The third-order valence-electron chi connectivity index (χ3n) is 3.39. The number of rotatable bonds is 6. The van der Waals surface area contributed by atoms with E-state index in [9.17, 15) is 0 Å². The molecule has 5 nitrogen and oxygen atoms in total. The van der Waals surface area contributed by atoms with Crippen LogP contribution in [0.15, 0.2) is 18.2 Å². The molecular weight excluding hydrogens is 274 g/mol. The predicted molar refractivity (Wildman–Crippen MR) is 81.5 cm³/mol. The predicted octanol–water partition coefficient (Wildman–Crippen LogP) is 3.72. The summed E-state index contributed by atoms with van der Waals surface area (Å²) in [5, 5.41) is 12.6. The molecule has 1 unspecified atom stereocenters. The Bertz CT molecular complexity index is 566. The van der Waals surface area contributed by atoms with Gasteiger partial charge in [0.25, 0.3) is 0 Å². The molecule has 0 fully saturated rings. The standard InChI is InChI=1S/C14H20ClN5/c1-3-4-5-6-10(2)20-14(17-18-19-20)12-9-11(15)7-8-13(12)16/h7-10H,3-6,16H2,1-2H3. The fourth-order valence-corrected chi connectivity index (χ4v) is 2.37. The summed E-state index contributed by atoms with van der Waals surface area (Å²) in [5.41, 5.74) is 7.42. The number of anilines is 1. The lowest BCUT2D eigenvalue weighted by molar-refractivity contribution is 0.432. The Kier molecular flexibility index (Phi) is 4.95. The number of benzene rings is 1. The Morgan fingerprint density at radius 2 is 2.15 bits per heavy atom. The summed E-state index contributed by atoms with van der Waals surface area (Å²) in [6.45, 7) is 4.32. The monoisotopic (exact) mass is 293 g/mol. The van der Waals surface area contributed by atoms with Crippen LogP contribution in [0.4, 0.5) is 5.69 Å². The molecule has 20 heavy (non-hydrogen) atoms. The van der Waals surface area contributed by atoms with Crippen LogP contribution in [0.1, 0.15) is 45.6 Å². The van der Waals surface area contributed by atoms with Crippen LogP contribution in [0, 0.1) is 0 Å². The van der Waals surface area contributed by atoms with Crippen LogP contribution < -0.4 is 5.73 Å². The van der Waals surface area contributed by atoms with E-state index in [1.54, 1.807) is 18.2 Å². The topological polar surface area (TPSA) is 69.6 Å². The van der Waals surface area contributed by atoms with Gasteiger partial charge in [0.1, 0.15) is 0 Å². The van der Waals surface area contributed by atoms with Gasteiger partial charge in [-0.3, -0.25) is 0 Å². The number of hydrogen-bond acceptors (Lipinski definition) is 4. The van der Waals surface area contributed by atoms with Crippen molar-refractivity contribution in [2.75, 3.05) is 5.73 Å². The molecule has 0 spiro atoms. The van der Waals surface area contributed by atoms with Gasteiger partial charge in [-0.1, -0.05) is 37.8 Å². The van der Waals surface area contributed by atoms with Crippen molar-refractivity contribution in [1.29, 1.82) is 0 Å². The smallest absolute Gasteiger partial charge is 0.184 e. The van der Waals surface area contributed by atoms with Gasteiger partial charge in [0.2, 0.25) is 0 Å². The van der Waals surface area contributed by atoms with Gasteiger partial charge in [0, 0.05) is 16.3 Å². The van der Waals surface area contributed by atoms with E-state index in [0.29, 0.717) is 16.5 Å². The van der Waals surface area contributed by atoms with Gasteiger partial charge in [-0.2, -0.15) is 0 Å². The van der Waals surface area contributed by atoms with E-state index in [-0.39, 0.29) is 6.04 Å². The third-order valence-corrected chi connectivity index (χ3v) is 3.63. The van der Waals surface area contributed by atoms with E-state index in [1.165, 1.54) is 19.3 Å².